The molecule has 0 spiro atoms. The molecule has 1 saturated carbocycles. The molecule has 2 aromatic heterocycles. The number of hydrogen-bond acceptors (Lipinski definition) is 7. The van der Waals surface area contributed by atoms with Gasteiger partial charge in [-0.2, -0.15) is 0 Å². The Labute approximate surface area is 200 Å². The maximum Gasteiger partial charge on any atom is 0.341 e. The predicted molar refractivity (Wildman–Crippen MR) is 129 cm³/mol. The van der Waals surface area contributed by atoms with E-state index in [1.54, 1.807) is 6.92 Å². The molecule has 33 heavy (non-hydrogen) atoms. The highest BCUT2D eigenvalue weighted by Gasteiger charge is 2.31. The van der Waals surface area contributed by atoms with Crippen molar-refractivity contribution in [3.63, 3.8) is 0 Å². The summed E-state index contributed by atoms with van der Waals surface area (Å²) in [5, 5.41) is 13.1. The van der Waals surface area contributed by atoms with Crippen molar-refractivity contribution in [1.29, 1.82) is 0 Å². The molecule has 1 N–H and O–H groups in total. The molecule has 2 aliphatic carbocycles. The van der Waals surface area contributed by atoms with Crippen LogP contribution in [0.3, 0.4) is 0 Å². The predicted octanol–water partition coefficient (Wildman–Crippen LogP) is 4.66. The van der Waals surface area contributed by atoms with Crippen LogP contribution in [-0.4, -0.2) is 39.0 Å². The van der Waals surface area contributed by atoms with E-state index in [4.69, 9.17) is 4.74 Å². The van der Waals surface area contributed by atoms with E-state index < -0.39 is 0 Å². The summed E-state index contributed by atoms with van der Waals surface area (Å²) in [6.07, 6.45) is 5.12. The molecular weight excluding hydrogens is 456 g/mol. The first-order valence-corrected chi connectivity index (χ1v) is 13.2. The number of nitrogens with zero attached hydrogens (tertiary/aromatic N) is 3. The first-order valence-electron chi connectivity index (χ1n) is 11.3. The van der Waals surface area contributed by atoms with Crippen LogP contribution in [0, 0.1) is 0 Å². The summed E-state index contributed by atoms with van der Waals surface area (Å²) in [5.41, 5.74) is 2.76. The minimum Gasteiger partial charge on any atom is -0.462 e. The number of esters is 1. The van der Waals surface area contributed by atoms with E-state index in [1.807, 2.05) is 18.2 Å². The van der Waals surface area contributed by atoms with Gasteiger partial charge in [-0.25, -0.2) is 4.79 Å². The summed E-state index contributed by atoms with van der Waals surface area (Å²) in [7, 11) is 0. The van der Waals surface area contributed by atoms with Crippen LogP contribution in [0.5, 0.6) is 0 Å². The number of anilines is 1. The highest BCUT2D eigenvalue weighted by Crippen LogP contribution is 2.41. The second-order valence-corrected chi connectivity index (χ2v) is 10.4. The molecule has 1 fully saturated rings. The number of aromatic nitrogens is 3. The van der Waals surface area contributed by atoms with Crippen molar-refractivity contribution >= 4 is 40.0 Å². The van der Waals surface area contributed by atoms with Gasteiger partial charge in [0.15, 0.2) is 5.16 Å². The zero-order valence-corrected chi connectivity index (χ0v) is 20.1. The van der Waals surface area contributed by atoms with E-state index in [1.165, 1.54) is 33.5 Å². The summed E-state index contributed by atoms with van der Waals surface area (Å²) in [4.78, 5) is 26.6. The number of thioether (sulfide) groups is 1. The number of carbonyl (C=O) groups excluding carboxylic acids is 2. The molecule has 0 atom stereocenters. The van der Waals surface area contributed by atoms with Gasteiger partial charge in [0.05, 0.1) is 24.5 Å². The molecule has 0 bridgehead atoms. The van der Waals surface area contributed by atoms with Crippen LogP contribution < -0.4 is 5.32 Å². The van der Waals surface area contributed by atoms with E-state index in [0.29, 0.717) is 29.6 Å². The van der Waals surface area contributed by atoms with Crippen molar-refractivity contribution in [3.8, 4) is 0 Å². The molecular formula is C24H26N4O3S2. The van der Waals surface area contributed by atoms with Crippen LogP contribution in [0.15, 0.2) is 35.5 Å². The standard InChI is InChI=1S/C24H26N4O3S2/c1-2-31-23(30)20-17-9-6-10-18(17)33-22(20)25-19(29)14-32-24-27-26-21(16-11-12-16)28(24)13-15-7-4-3-5-8-15/h3-5,7-8,16H,2,6,9-14H2,1H3,(H,25,29). The molecule has 1 aromatic carbocycles. The molecule has 2 aliphatic rings. The Morgan fingerprint density at radius 1 is 1.21 bits per heavy atom. The quantitative estimate of drug-likeness (QED) is 0.353. The minimum absolute atomic E-state index is 0.160. The van der Waals surface area contributed by atoms with Gasteiger partial charge in [0.1, 0.15) is 10.8 Å². The highest BCUT2D eigenvalue weighted by atomic mass is 32.2. The third-order valence-corrected chi connectivity index (χ3v) is 8.03. The molecule has 9 heteroatoms. The second kappa shape index (κ2) is 9.69. The van der Waals surface area contributed by atoms with E-state index in [9.17, 15) is 9.59 Å². The lowest BCUT2D eigenvalue weighted by atomic mass is 10.1. The lowest BCUT2D eigenvalue weighted by molar-refractivity contribution is -0.113. The maximum atomic E-state index is 12.8. The van der Waals surface area contributed by atoms with Crippen molar-refractivity contribution in [1.82, 2.24) is 14.8 Å². The van der Waals surface area contributed by atoms with E-state index in [0.717, 1.165) is 48.6 Å². The monoisotopic (exact) mass is 482 g/mol. The number of hydrogen-bond donors (Lipinski definition) is 1. The molecule has 0 radical (unpaired) electrons. The first kappa shape index (κ1) is 22.2. The first-order chi connectivity index (χ1) is 16.1. The molecule has 0 saturated heterocycles. The lowest BCUT2D eigenvalue weighted by Crippen LogP contribution is -2.17. The van der Waals surface area contributed by atoms with Gasteiger partial charge in [-0.3, -0.25) is 4.79 Å². The Balaban J connectivity index is 1.29. The van der Waals surface area contributed by atoms with Gasteiger partial charge in [-0.1, -0.05) is 42.1 Å². The summed E-state index contributed by atoms with van der Waals surface area (Å²) >= 11 is 2.88. The van der Waals surface area contributed by atoms with Gasteiger partial charge in [-0.05, 0) is 50.2 Å². The van der Waals surface area contributed by atoms with Crippen LogP contribution in [0.25, 0.3) is 0 Å². The van der Waals surface area contributed by atoms with Crippen molar-refractivity contribution < 1.29 is 14.3 Å². The number of rotatable bonds is 9. The minimum atomic E-state index is -0.350. The summed E-state index contributed by atoms with van der Waals surface area (Å²) in [5.74, 6) is 1.15. The zero-order chi connectivity index (χ0) is 22.8. The number of carbonyl (C=O) groups is 2. The fraction of sp³-hybridized carbons (Fsp3) is 0.417. The Morgan fingerprint density at radius 2 is 2.03 bits per heavy atom. The van der Waals surface area contributed by atoms with Crippen LogP contribution >= 0.6 is 23.1 Å². The zero-order valence-electron chi connectivity index (χ0n) is 18.5. The number of aryl methyl sites for hydroxylation is 1. The molecule has 7 nitrogen and oxygen atoms in total. The third kappa shape index (κ3) is 4.84. The summed E-state index contributed by atoms with van der Waals surface area (Å²) in [6.45, 7) is 2.79. The lowest BCUT2D eigenvalue weighted by Gasteiger charge is -2.10. The number of nitrogens with one attached hydrogen (secondary N) is 1. The van der Waals surface area contributed by atoms with Gasteiger partial charge in [-0.15, -0.1) is 21.5 Å². The largest absolute Gasteiger partial charge is 0.462 e. The molecule has 172 valence electrons. The fourth-order valence-electron chi connectivity index (χ4n) is 4.17. The molecule has 2 heterocycles. The fourth-order valence-corrected chi connectivity index (χ4v) is 6.21. The smallest absolute Gasteiger partial charge is 0.341 e. The van der Waals surface area contributed by atoms with Crippen LogP contribution in [0.4, 0.5) is 5.00 Å². The van der Waals surface area contributed by atoms with Gasteiger partial charge in [0.2, 0.25) is 5.91 Å². The molecule has 0 aliphatic heterocycles. The third-order valence-electron chi connectivity index (χ3n) is 5.86. The molecule has 5 rings (SSSR count). The number of fused-ring (bicyclic) bond motifs is 1. The summed E-state index contributed by atoms with van der Waals surface area (Å²) in [6, 6.07) is 10.2. The molecule has 0 unspecified atom stereocenters. The van der Waals surface area contributed by atoms with E-state index in [2.05, 4.69) is 32.2 Å². The number of amides is 1. The van der Waals surface area contributed by atoms with Crippen molar-refractivity contribution in [2.45, 2.75) is 56.6 Å². The Bertz CT molecular complexity index is 1170. The average Bonchev–Trinajstić information content (AvgIpc) is 3.27. The normalized spacial score (nSPS) is 14.8. The van der Waals surface area contributed by atoms with E-state index in [-0.39, 0.29) is 17.6 Å². The van der Waals surface area contributed by atoms with Crippen molar-refractivity contribution in [3.05, 3.63) is 57.7 Å². The Hall–Kier alpha value is -2.65. The van der Waals surface area contributed by atoms with E-state index >= 15 is 0 Å². The number of benzene rings is 1. The molecule has 1 amide bonds. The number of thiophene rings is 1. The SMILES string of the molecule is CCOC(=O)c1c(NC(=O)CSc2nnc(C3CC3)n2Cc2ccccc2)sc2c1CCC2. The van der Waals surface area contributed by atoms with Crippen molar-refractivity contribution in [2.24, 2.45) is 0 Å². The van der Waals surface area contributed by atoms with Crippen LogP contribution in [0.1, 0.15) is 64.3 Å². The van der Waals surface area contributed by atoms with Crippen LogP contribution in [-0.2, 0) is 28.9 Å². The van der Waals surface area contributed by atoms with Gasteiger partial charge in [0, 0.05) is 10.8 Å². The van der Waals surface area contributed by atoms with Gasteiger partial charge in [0.25, 0.3) is 0 Å². The topological polar surface area (TPSA) is 86.1 Å². The Morgan fingerprint density at radius 3 is 2.79 bits per heavy atom. The molecule has 3 aromatic rings. The number of ether oxygens (including phenoxy) is 1. The highest BCUT2D eigenvalue weighted by molar-refractivity contribution is 7.99. The van der Waals surface area contributed by atoms with Gasteiger partial charge < -0.3 is 14.6 Å². The maximum absolute atomic E-state index is 12.8. The van der Waals surface area contributed by atoms with Crippen molar-refractivity contribution in [2.75, 3.05) is 17.7 Å². The second-order valence-electron chi connectivity index (χ2n) is 8.31. The Kier molecular flexibility index (Phi) is 6.50. The van der Waals surface area contributed by atoms with Crippen LogP contribution in [0.2, 0.25) is 0 Å². The van der Waals surface area contributed by atoms with Gasteiger partial charge >= 0.3 is 5.97 Å². The average molecular weight is 483 g/mol. The summed E-state index contributed by atoms with van der Waals surface area (Å²) < 4.78 is 7.39.